The minimum atomic E-state index is -0.302. The third-order valence-electron chi connectivity index (χ3n) is 2.34. The molecule has 0 amide bonds. The molecule has 0 aliphatic heterocycles. The van der Waals surface area contributed by atoms with Crippen molar-refractivity contribution in [3.05, 3.63) is 23.8 Å². The van der Waals surface area contributed by atoms with E-state index >= 15 is 0 Å². The van der Waals surface area contributed by atoms with Crippen LogP contribution in [0.25, 0.3) is 0 Å². The van der Waals surface area contributed by atoms with Gasteiger partial charge in [-0.05, 0) is 51.8 Å². The Morgan fingerprint density at radius 3 is 2.47 bits per heavy atom. The summed E-state index contributed by atoms with van der Waals surface area (Å²) >= 11 is 0. The van der Waals surface area contributed by atoms with E-state index in [4.69, 9.17) is 9.47 Å². The topological polar surface area (TPSA) is 35.5 Å². The van der Waals surface area contributed by atoms with Crippen molar-refractivity contribution in [1.29, 1.82) is 0 Å². The lowest BCUT2D eigenvalue weighted by atomic mass is 10.1. The zero-order valence-corrected chi connectivity index (χ0v) is 10.5. The average Bonchev–Trinajstić information content (AvgIpc) is 3.02. The van der Waals surface area contributed by atoms with E-state index in [0.717, 1.165) is 24.9 Å². The lowest BCUT2D eigenvalue weighted by molar-refractivity contribution is 0.111. The van der Waals surface area contributed by atoms with Crippen LogP contribution in [0.2, 0.25) is 0 Å². The molecule has 17 heavy (non-hydrogen) atoms. The molecule has 1 fully saturated rings. The van der Waals surface area contributed by atoms with Crippen LogP contribution in [-0.2, 0) is 0 Å². The van der Waals surface area contributed by atoms with Gasteiger partial charge < -0.3 is 9.47 Å². The summed E-state index contributed by atoms with van der Waals surface area (Å²) in [6.07, 6.45) is 3.34. The maximum absolute atomic E-state index is 10.8. The second-order valence-electron chi connectivity index (χ2n) is 5.36. The predicted octanol–water partition coefficient (Wildman–Crippen LogP) is 3.22. The van der Waals surface area contributed by atoms with Gasteiger partial charge in [0.1, 0.15) is 11.9 Å². The highest BCUT2D eigenvalue weighted by Gasteiger charge is 2.26. The Bertz CT molecular complexity index is 414. The predicted molar refractivity (Wildman–Crippen MR) is 65.9 cm³/mol. The Hall–Kier alpha value is -1.51. The van der Waals surface area contributed by atoms with Crippen LogP contribution in [0.1, 0.15) is 44.0 Å². The molecule has 0 heterocycles. The molecule has 0 saturated heterocycles. The van der Waals surface area contributed by atoms with Gasteiger partial charge in [-0.1, -0.05) is 0 Å². The third kappa shape index (κ3) is 3.48. The van der Waals surface area contributed by atoms with Crippen LogP contribution < -0.4 is 9.47 Å². The van der Waals surface area contributed by atoms with E-state index in [1.54, 1.807) is 12.1 Å². The Labute approximate surface area is 102 Å². The van der Waals surface area contributed by atoms with Gasteiger partial charge in [0.2, 0.25) is 0 Å². The molecule has 0 N–H and O–H groups in total. The number of hydrogen-bond acceptors (Lipinski definition) is 3. The molecule has 0 atom stereocenters. The Kier molecular flexibility index (Phi) is 3.09. The summed E-state index contributed by atoms with van der Waals surface area (Å²) < 4.78 is 11.6. The van der Waals surface area contributed by atoms with Crippen molar-refractivity contribution in [2.75, 3.05) is 0 Å². The van der Waals surface area contributed by atoms with Gasteiger partial charge in [0, 0.05) is 5.56 Å². The van der Waals surface area contributed by atoms with Crippen LogP contribution in [0, 0.1) is 0 Å². The highest BCUT2D eigenvalue weighted by atomic mass is 16.5. The largest absolute Gasteiger partial charge is 0.487 e. The molecule has 0 bridgehead atoms. The van der Waals surface area contributed by atoms with Crippen LogP contribution in [0.15, 0.2) is 18.2 Å². The first-order chi connectivity index (χ1) is 7.98. The number of carbonyl (C=O) groups is 1. The molecule has 0 spiro atoms. The number of carbonyl (C=O) groups excluding carboxylic acids is 1. The van der Waals surface area contributed by atoms with Gasteiger partial charge in [0.05, 0.1) is 6.10 Å². The first-order valence-corrected chi connectivity index (χ1v) is 5.93. The summed E-state index contributed by atoms with van der Waals surface area (Å²) in [5.74, 6) is 1.38. The fraction of sp³-hybridized carbons (Fsp3) is 0.500. The number of hydrogen-bond donors (Lipinski definition) is 0. The second kappa shape index (κ2) is 4.40. The standard InChI is InChI=1S/C14H18O3/c1-14(2,3)17-13-8-10(9-15)4-7-12(13)16-11-5-6-11/h4,7-9,11H,5-6H2,1-3H3. The monoisotopic (exact) mass is 234 g/mol. The molecule has 0 radical (unpaired) electrons. The van der Waals surface area contributed by atoms with E-state index in [1.807, 2.05) is 26.8 Å². The highest BCUT2D eigenvalue weighted by molar-refractivity contribution is 5.76. The number of benzene rings is 1. The maximum atomic E-state index is 10.8. The van der Waals surface area contributed by atoms with Gasteiger partial charge in [-0.25, -0.2) is 0 Å². The van der Waals surface area contributed by atoms with E-state index < -0.39 is 0 Å². The van der Waals surface area contributed by atoms with Gasteiger partial charge in [-0.2, -0.15) is 0 Å². The summed E-state index contributed by atoms with van der Waals surface area (Å²) in [4.78, 5) is 10.8. The first-order valence-electron chi connectivity index (χ1n) is 5.93. The molecular formula is C14H18O3. The molecule has 92 valence electrons. The smallest absolute Gasteiger partial charge is 0.162 e. The van der Waals surface area contributed by atoms with Gasteiger partial charge in [-0.3, -0.25) is 4.79 Å². The molecule has 1 saturated carbocycles. The van der Waals surface area contributed by atoms with Gasteiger partial charge >= 0.3 is 0 Å². The summed E-state index contributed by atoms with van der Waals surface area (Å²) in [6.45, 7) is 5.92. The van der Waals surface area contributed by atoms with Crippen molar-refractivity contribution >= 4 is 6.29 Å². The summed E-state index contributed by atoms with van der Waals surface area (Å²) in [6, 6.07) is 5.29. The molecular weight excluding hydrogens is 216 g/mol. The van der Waals surface area contributed by atoms with Crippen molar-refractivity contribution in [3.63, 3.8) is 0 Å². The highest BCUT2D eigenvalue weighted by Crippen LogP contribution is 2.35. The molecule has 2 rings (SSSR count). The SMILES string of the molecule is CC(C)(C)Oc1cc(C=O)ccc1OC1CC1. The zero-order valence-electron chi connectivity index (χ0n) is 10.5. The summed E-state index contributed by atoms with van der Waals surface area (Å²) in [7, 11) is 0. The second-order valence-corrected chi connectivity index (χ2v) is 5.36. The van der Waals surface area contributed by atoms with Crippen molar-refractivity contribution in [2.24, 2.45) is 0 Å². The van der Waals surface area contributed by atoms with Gasteiger partial charge in [-0.15, -0.1) is 0 Å². The number of ether oxygens (including phenoxy) is 2. The first kappa shape index (κ1) is 12.0. The van der Waals surface area contributed by atoms with E-state index in [2.05, 4.69) is 0 Å². The van der Waals surface area contributed by atoms with Gasteiger partial charge in [0.15, 0.2) is 11.5 Å². The van der Waals surface area contributed by atoms with Crippen LogP contribution in [0.5, 0.6) is 11.5 Å². The molecule has 1 aliphatic carbocycles. The van der Waals surface area contributed by atoms with E-state index in [-0.39, 0.29) is 5.60 Å². The summed E-state index contributed by atoms with van der Waals surface area (Å²) in [5, 5.41) is 0. The van der Waals surface area contributed by atoms with E-state index in [9.17, 15) is 4.79 Å². The average molecular weight is 234 g/mol. The van der Waals surface area contributed by atoms with E-state index in [1.165, 1.54) is 0 Å². The molecule has 3 nitrogen and oxygen atoms in total. The molecule has 1 aromatic rings. The van der Waals surface area contributed by atoms with Crippen molar-refractivity contribution in [3.8, 4) is 11.5 Å². The van der Waals surface area contributed by atoms with Crippen molar-refractivity contribution < 1.29 is 14.3 Å². The quantitative estimate of drug-likeness (QED) is 0.750. The minimum Gasteiger partial charge on any atom is -0.487 e. The minimum absolute atomic E-state index is 0.302. The summed E-state index contributed by atoms with van der Waals surface area (Å²) in [5.41, 5.74) is 0.302. The Morgan fingerprint density at radius 2 is 1.94 bits per heavy atom. The van der Waals surface area contributed by atoms with Crippen LogP contribution in [0.3, 0.4) is 0 Å². The lowest BCUT2D eigenvalue weighted by Gasteiger charge is -2.23. The third-order valence-corrected chi connectivity index (χ3v) is 2.34. The molecule has 1 aromatic carbocycles. The van der Waals surface area contributed by atoms with Gasteiger partial charge in [0.25, 0.3) is 0 Å². The molecule has 1 aliphatic rings. The Balaban J connectivity index is 2.25. The fourth-order valence-corrected chi connectivity index (χ4v) is 1.47. The fourth-order valence-electron chi connectivity index (χ4n) is 1.47. The molecule has 0 unspecified atom stereocenters. The zero-order chi connectivity index (χ0) is 12.5. The normalized spacial score (nSPS) is 15.5. The Morgan fingerprint density at radius 1 is 1.24 bits per heavy atom. The number of aldehydes is 1. The van der Waals surface area contributed by atoms with E-state index in [0.29, 0.717) is 17.4 Å². The molecule has 3 heteroatoms. The number of rotatable bonds is 4. The molecule has 0 aromatic heterocycles. The van der Waals surface area contributed by atoms with Crippen LogP contribution >= 0.6 is 0 Å². The lowest BCUT2D eigenvalue weighted by Crippen LogP contribution is -2.23. The maximum Gasteiger partial charge on any atom is 0.162 e. The van der Waals surface area contributed by atoms with Crippen molar-refractivity contribution in [1.82, 2.24) is 0 Å². The van der Waals surface area contributed by atoms with Crippen molar-refractivity contribution in [2.45, 2.75) is 45.3 Å². The van der Waals surface area contributed by atoms with Crippen LogP contribution in [0.4, 0.5) is 0 Å². The van der Waals surface area contributed by atoms with Crippen LogP contribution in [-0.4, -0.2) is 18.0 Å².